The Hall–Kier alpha value is -1.44. The molecule has 0 aromatic heterocycles. The standard InChI is InChI=1S/C14H18O2/c1-11(7-6-8-12(2)15)14(16)13-9-4-3-5-10-13/h3-5,9-11H,6-8H2,1-2H3. The van der Waals surface area contributed by atoms with Gasteiger partial charge in [0.05, 0.1) is 0 Å². The lowest BCUT2D eigenvalue weighted by Crippen LogP contribution is -2.11. The van der Waals surface area contributed by atoms with Gasteiger partial charge >= 0.3 is 0 Å². The minimum atomic E-state index is 0.00162. The molecule has 1 unspecified atom stereocenters. The van der Waals surface area contributed by atoms with Crippen molar-refractivity contribution in [3.8, 4) is 0 Å². The van der Waals surface area contributed by atoms with E-state index in [0.717, 1.165) is 18.4 Å². The van der Waals surface area contributed by atoms with E-state index in [2.05, 4.69) is 0 Å². The van der Waals surface area contributed by atoms with Crippen LogP contribution in [0.25, 0.3) is 0 Å². The molecule has 86 valence electrons. The van der Waals surface area contributed by atoms with Crippen LogP contribution < -0.4 is 0 Å². The topological polar surface area (TPSA) is 34.1 Å². The summed E-state index contributed by atoms with van der Waals surface area (Å²) in [5, 5.41) is 0. The van der Waals surface area contributed by atoms with E-state index in [-0.39, 0.29) is 17.5 Å². The Morgan fingerprint density at radius 2 is 1.81 bits per heavy atom. The molecule has 16 heavy (non-hydrogen) atoms. The molecule has 1 rings (SSSR count). The first-order chi connectivity index (χ1) is 7.61. The smallest absolute Gasteiger partial charge is 0.165 e. The Balaban J connectivity index is 2.45. The predicted molar refractivity (Wildman–Crippen MR) is 64.5 cm³/mol. The van der Waals surface area contributed by atoms with Crippen molar-refractivity contribution in [2.45, 2.75) is 33.1 Å². The SMILES string of the molecule is CC(=O)CCCC(C)C(=O)c1ccccc1. The highest BCUT2D eigenvalue weighted by Gasteiger charge is 2.14. The predicted octanol–water partition coefficient (Wildman–Crippen LogP) is 3.26. The summed E-state index contributed by atoms with van der Waals surface area (Å²) < 4.78 is 0. The number of carbonyl (C=O) groups is 2. The molecule has 0 aliphatic heterocycles. The van der Waals surface area contributed by atoms with Crippen LogP contribution in [0.4, 0.5) is 0 Å². The van der Waals surface area contributed by atoms with E-state index >= 15 is 0 Å². The first-order valence-electron chi connectivity index (χ1n) is 5.70. The van der Waals surface area contributed by atoms with E-state index in [0.29, 0.717) is 6.42 Å². The Kier molecular flexibility index (Phi) is 4.90. The number of hydrogen-bond donors (Lipinski definition) is 0. The normalized spacial score (nSPS) is 12.1. The van der Waals surface area contributed by atoms with E-state index < -0.39 is 0 Å². The zero-order valence-electron chi connectivity index (χ0n) is 9.90. The number of hydrogen-bond acceptors (Lipinski definition) is 2. The first kappa shape index (κ1) is 12.6. The lowest BCUT2D eigenvalue weighted by Gasteiger charge is -2.09. The van der Waals surface area contributed by atoms with Crippen LogP contribution >= 0.6 is 0 Å². The van der Waals surface area contributed by atoms with Crippen molar-refractivity contribution >= 4 is 11.6 Å². The van der Waals surface area contributed by atoms with Crippen LogP contribution in [0.5, 0.6) is 0 Å². The fraction of sp³-hybridized carbons (Fsp3) is 0.429. The van der Waals surface area contributed by atoms with Crippen LogP contribution in [-0.4, -0.2) is 11.6 Å². The van der Waals surface area contributed by atoms with Gasteiger partial charge in [-0.15, -0.1) is 0 Å². The van der Waals surface area contributed by atoms with Gasteiger partial charge < -0.3 is 4.79 Å². The summed E-state index contributed by atoms with van der Waals surface area (Å²) in [5.74, 6) is 0.366. The molecule has 0 amide bonds. The lowest BCUT2D eigenvalue weighted by atomic mass is 9.94. The van der Waals surface area contributed by atoms with Gasteiger partial charge in [0.25, 0.3) is 0 Å². The van der Waals surface area contributed by atoms with Crippen molar-refractivity contribution in [2.24, 2.45) is 5.92 Å². The maximum Gasteiger partial charge on any atom is 0.165 e. The fourth-order valence-corrected chi connectivity index (χ4v) is 1.68. The molecule has 1 aromatic rings. The number of carbonyl (C=O) groups excluding carboxylic acids is 2. The molecule has 0 aliphatic rings. The molecule has 0 saturated heterocycles. The van der Waals surface area contributed by atoms with Gasteiger partial charge in [-0.25, -0.2) is 0 Å². The minimum Gasteiger partial charge on any atom is -0.300 e. The quantitative estimate of drug-likeness (QED) is 0.687. The summed E-state index contributed by atoms with van der Waals surface area (Å²) in [5.41, 5.74) is 0.762. The molecule has 0 fully saturated rings. The monoisotopic (exact) mass is 218 g/mol. The Morgan fingerprint density at radius 1 is 1.19 bits per heavy atom. The second-order valence-corrected chi connectivity index (χ2v) is 4.23. The maximum atomic E-state index is 11.9. The molecular formula is C14H18O2. The van der Waals surface area contributed by atoms with Gasteiger partial charge in [-0.2, -0.15) is 0 Å². The van der Waals surface area contributed by atoms with Crippen LogP contribution in [0.1, 0.15) is 43.5 Å². The molecular weight excluding hydrogens is 200 g/mol. The van der Waals surface area contributed by atoms with Crippen molar-refractivity contribution in [1.82, 2.24) is 0 Å². The Labute approximate surface area is 96.7 Å². The van der Waals surface area contributed by atoms with Crippen molar-refractivity contribution in [1.29, 1.82) is 0 Å². The van der Waals surface area contributed by atoms with Gasteiger partial charge in [0, 0.05) is 17.9 Å². The molecule has 0 heterocycles. The van der Waals surface area contributed by atoms with E-state index in [1.165, 1.54) is 0 Å². The average Bonchev–Trinajstić information content (AvgIpc) is 2.28. The average molecular weight is 218 g/mol. The highest BCUT2D eigenvalue weighted by Crippen LogP contribution is 2.14. The Bertz CT molecular complexity index is 354. The Morgan fingerprint density at radius 3 is 2.38 bits per heavy atom. The highest BCUT2D eigenvalue weighted by molar-refractivity contribution is 5.97. The highest BCUT2D eigenvalue weighted by atomic mass is 16.1. The largest absolute Gasteiger partial charge is 0.300 e. The molecule has 2 heteroatoms. The van der Waals surface area contributed by atoms with Crippen molar-refractivity contribution < 1.29 is 9.59 Å². The second kappa shape index (κ2) is 6.21. The molecule has 0 radical (unpaired) electrons. The number of rotatable bonds is 6. The molecule has 0 saturated carbocycles. The van der Waals surface area contributed by atoms with E-state index in [1.807, 2.05) is 37.3 Å². The van der Waals surface area contributed by atoms with Crippen LogP contribution in [0, 0.1) is 5.92 Å². The molecule has 1 atom stereocenters. The summed E-state index contributed by atoms with van der Waals surface area (Å²) in [7, 11) is 0. The third-order valence-corrected chi connectivity index (χ3v) is 2.67. The van der Waals surface area contributed by atoms with Crippen LogP contribution in [0.3, 0.4) is 0 Å². The molecule has 0 spiro atoms. The molecule has 2 nitrogen and oxygen atoms in total. The number of benzene rings is 1. The lowest BCUT2D eigenvalue weighted by molar-refractivity contribution is -0.117. The molecule has 0 N–H and O–H groups in total. The van der Waals surface area contributed by atoms with Crippen molar-refractivity contribution in [2.75, 3.05) is 0 Å². The van der Waals surface area contributed by atoms with Gasteiger partial charge in [0.2, 0.25) is 0 Å². The zero-order chi connectivity index (χ0) is 12.0. The van der Waals surface area contributed by atoms with E-state index in [9.17, 15) is 9.59 Å². The number of ketones is 2. The van der Waals surface area contributed by atoms with Gasteiger partial charge in [0.1, 0.15) is 5.78 Å². The van der Waals surface area contributed by atoms with Crippen molar-refractivity contribution in [3.05, 3.63) is 35.9 Å². The fourth-order valence-electron chi connectivity index (χ4n) is 1.68. The molecule has 0 aliphatic carbocycles. The van der Waals surface area contributed by atoms with Crippen LogP contribution in [-0.2, 0) is 4.79 Å². The number of Topliss-reactive ketones (excluding diaryl/α,β-unsaturated/α-hetero) is 2. The molecule has 0 bridgehead atoms. The summed E-state index contributed by atoms with van der Waals surface area (Å²) in [6, 6.07) is 9.32. The van der Waals surface area contributed by atoms with E-state index in [4.69, 9.17) is 0 Å². The first-order valence-corrected chi connectivity index (χ1v) is 5.70. The second-order valence-electron chi connectivity index (χ2n) is 4.23. The maximum absolute atomic E-state index is 11.9. The summed E-state index contributed by atoms with van der Waals surface area (Å²) in [6.07, 6.45) is 2.16. The summed E-state index contributed by atoms with van der Waals surface area (Å²) in [6.45, 7) is 3.51. The zero-order valence-corrected chi connectivity index (χ0v) is 9.90. The summed E-state index contributed by atoms with van der Waals surface area (Å²) >= 11 is 0. The van der Waals surface area contributed by atoms with Crippen LogP contribution in [0.15, 0.2) is 30.3 Å². The van der Waals surface area contributed by atoms with Gasteiger partial charge in [-0.05, 0) is 19.8 Å². The van der Waals surface area contributed by atoms with Gasteiger partial charge in [-0.1, -0.05) is 37.3 Å². The van der Waals surface area contributed by atoms with E-state index in [1.54, 1.807) is 6.92 Å². The van der Waals surface area contributed by atoms with Gasteiger partial charge in [-0.3, -0.25) is 4.79 Å². The third-order valence-electron chi connectivity index (χ3n) is 2.67. The van der Waals surface area contributed by atoms with Crippen LogP contribution in [0.2, 0.25) is 0 Å². The van der Waals surface area contributed by atoms with Gasteiger partial charge in [0.15, 0.2) is 5.78 Å². The summed E-state index contributed by atoms with van der Waals surface area (Å²) in [4.78, 5) is 22.7. The minimum absolute atomic E-state index is 0.00162. The van der Waals surface area contributed by atoms with Crippen molar-refractivity contribution in [3.63, 3.8) is 0 Å². The molecule has 1 aromatic carbocycles. The third kappa shape index (κ3) is 3.97.